The molecule has 0 aromatic heterocycles. The summed E-state index contributed by atoms with van der Waals surface area (Å²) in [4.78, 5) is 23.1. The van der Waals surface area contributed by atoms with Crippen molar-refractivity contribution in [3.8, 4) is 0 Å². The zero-order chi connectivity index (χ0) is 14.0. The fraction of sp³-hybridized carbons (Fsp3) is 0.429. The summed E-state index contributed by atoms with van der Waals surface area (Å²) in [5, 5.41) is 5.91. The van der Waals surface area contributed by atoms with E-state index in [2.05, 4.69) is 10.6 Å². The van der Waals surface area contributed by atoms with E-state index in [0.717, 1.165) is 16.9 Å². The molecule has 0 bridgehead atoms. The van der Waals surface area contributed by atoms with Gasteiger partial charge in [0.2, 0.25) is 5.91 Å². The highest BCUT2D eigenvalue weighted by atomic mass is 16.5. The summed E-state index contributed by atoms with van der Waals surface area (Å²) >= 11 is 0. The Morgan fingerprint density at radius 1 is 1.47 bits per heavy atom. The second-order valence-electron chi connectivity index (χ2n) is 5.07. The van der Waals surface area contributed by atoms with Gasteiger partial charge in [-0.2, -0.15) is 0 Å². The summed E-state index contributed by atoms with van der Waals surface area (Å²) in [6, 6.07) is 5.56. The highest BCUT2D eigenvalue weighted by molar-refractivity contribution is 5.99. The van der Waals surface area contributed by atoms with E-state index in [1.165, 1.54) is 0 Å². The Labute approximate surface area is 112 Å². The molecule has 5 nitrogen and oxygen atoms in total. The number of benzene rings is 1. The van der Waals surface area contributed by atoms with Crippen molar-refractivity contribution in [1.82, 2.24) is 0 Å². The quantitative estimate of drug-likeness (QED) is 0.814. The summed E-state index contributed by atoms with van der Waals surface area (Å²) in [5.74, 6) is -0.304. The van der Waals surface area contributed by atoms with Gasteiger partial charge in [-0.15, -0.1) is 0 Å². The normalized spacial score (nSPS) is 13.7. The van der Waals surface area contributed by atoms with Crippen molar-refractivity contribution >= 4 is 23.3 Å². The first-order valence-corrected chi connectivity index (χ1v) is 6.30. The van der Waals surface area contributed by atoms with Crippen LogP contribution in [0.15, 0.2) is 18.2 Å². The molecule has 2 rings (SSSR count). The molecule has 0 atom stereocenters. The van der Waals surface area contributed by atoms with E-state index in [1.54, 1.807) is 20.8 Å². The first-order chi connectivity index (χ1) is 8.92. The third kappa shape index (κ3) is 2.86. The van der Waals surface area contributed by atoms with Crippen LogP contribution in [0.3, 0.4) is 0 Å². The summed E-state index contributed by atoms with van der Waals surface area (Å²) in [5.41, 5.74) is 1.77. The Morgan fingerprint density at radius 3 is 2.89 bits per heavy atom. The number of ether oxygens (including phenoxy) is 1. The zero-order valence-corrected chi connectivity index (χ0v) is 11.4. The van der Waals surface area contributed by atoms with Gasteiger partial charge in [-0.25, -0.2) is 4.79 Å². The largest absolute Gasteiger partial charge is 0.464 e. The first kappa shape index (κ1) is 13.4. The van der Waals surface area contributed by atoms with Crippen LogP contribution in [0.25, 0.3) is 0 Å². The molecule has 5 heteroatoms. The maximum atomic E-state index is 11.8. The van der Waals surface area contributed by atoms with E-state index in [1.807, 2.05) is 18.2 Å². The van der Waals surface area contributed by atoms with Crippen LogP contribution >= 0.6 is 0 Å². The van der Waals surface area contributed by atoms with Crippen molar-refractivity contribution in [3.63, 3.8) is 0 Å². The van der Waals surface area contributed by atoms with Crippen LogP contribution in [0.1, 0.15) is 26.3 Å². The number of fused-ring (bicyclic) bond motifs is 1. The minimum atomic E-state index is -0.805. The molecule has 1 aliphatic rings. The second kappa shape index (κ2) is 4.91. The first-order valence-electron chi connectivity index (χ1n) is 6.30. The number of amides is 1. The number of anilines is 2. The highest BCUT2D eigenvalue weighted by Crippen LogP contribution is 2.27. The van der Waals surface area contributed by atoms with Gasteiger partial charge in [-0.05, 0) is 44.5 Å². The molecule has 1 aromatic rings. The van der Waals surface area contributed by atoms with E-state index in [4.69, 9.17) is 4.74 Å². The molecular weight excluding hydrogens is 244 g/mol. The van der Waals surface area contributed by atoms with E-state index in [0.29, 0.717) is 13.0 Å². The van der Waals surface area contributed by atoms with Gasteiger partial charge < -0.3 is 15.4 Å². The number of hydrogen-bond acceptors (Lipinski definition) is 4. The lowest BCUT2D eigenvalue weighted by Crippen LogP contribution is -2.41. The maximum Gasteiger partial charge on any atom is 0.331 e. The van der Waals surface area contributed by atoms with Crippen molar-refractivity contribution in [1.29, 1.82) is 0 Å². The number of nitrogens with one attached hydrogen (secondary N) is 2. The smallest absolute Gasteiger partial charge is 0.331 e. The minimum absolute atomic E-state index is 0.00296. The molecule has 19 heavy (non-hydrogen) atoms. The van der Waals surface area contributed by atoms with Gasteiger partial charge >= 0.3 is 5.97 Å². The number of carbonyl (C=O) groups is 2. The molecule has 0 saturated heterocycles. The van der Waals surface area contributed by atoms with Crippen LogP contribution in [-0.2, 0) is 20.7 Å². The lowest BCUT2D eigenvalue weighted by molar-refractivity contribution is -0.147. The Bertz CT molecular complexity index is 523. The lowest BCUT2D eigenvalue weighted by atomic mass is 10.0. The predicted octanol–water partition coefficient (Wildman–Crippen LogP) is 1.93. The van der Waals surface area contributed by atoms with Gasteiger partial charge in [0.15, 0.2) is 0 Å². The van der Waals surface area contributed by atoms with Crippen molar-refractivity contribution in [2.45, 2.75) is 32.7 Å². The van der Waals surface area contributed by atoms with Crippen molar-refractivity contribution < 1.29 is 14.3 Å². The van der Waals surface area contributed by atoms with Crippen molar-refractivity contribution in [2.24, 2.45) is 0 Å². The van der Waals surface area contributed by atoms with Crippen LogP contribution in [0, 0.1) is 0 Å². The van der Waals surface area contributed by atoms with Gasteiger partial charge in [0.05, 0.1) is 13.0 Å². The molecule has 0 aliphatic carbocycles. The lowest BCUT2D eigenvalue weighted by Gasteiger charge is -2.25. The molecule has 1 aliphatic heterocycles. The van der Waals surface area contributed by atoms with Gasteiger partial charge in [-0.1, -0.05) is 0 Å². The van der Waals surface area contributed by atoms with E-state index in [9.17, 15) is 9.59 Å². The minimum Gasteiger partial charge on any atom is -0.464 e. The number of rotatable bonds is 4. The van der Waals surface area contributed by atoms with Gasteiger partial charge in [0.25, 0.3) is 0 Å². The molecule has 0 fully saturated rings. The van der Waals surface area contributed by atoms with Crippen LogP contribution in [0.5, 0.6) is 0 Å². The molecule has 1 aromatic carbocycles. The molecule has 102 valence electrons. The molecule has 0 unspecified atom stereocenters. The molecular formula is C14H18N2O3. The van der Waals surface area contributed by atoms with Crippen LogP contribution in [0.4, 0.5) is 11.4 Å². The Morgan fingerprint density at radius 2 is 2.21 bits per heavy atom. The van der Waals surface area contributed by atoms with Gasteiger partial charge in [-0.3, -0.25) is 4.79 Å². The highest BCUT2D eigenvalue weighted by Gasteiger charge is 2.29. The Hall–Kier alpha value is -2.04. The standard InChI is InChI=1S/C14H18N2O3/c1-4-19-13(18)14(2,3)16-10-5-6-11-9(7-10)8-12(17)15-11/h5-7,16H,4,8H2,1-3H3,(H,15,17). The number of esters is 1. The third-order valence-electron chi connectivity index (χ3n) is 2.97. The van der Waals surface area contributed by atoms with E-state index < -0.39 is 5.54 Å². The topological polar surface area (TPSA) is 67.4 Å². The second-order valence-corrected chi connectivity index (χ2v) is 5.07. The van der Waals surface area contributed by atoms with Crippen molar-refractivity contribution in [3.05, 3.63) is 23.8 Å². The van der Waals surface area contributed by atoms with E-state index >= 15 is 0 Å². The van der Waals surface area contributed by atoms with Crippen LogP contribution in [0.2, 0.25) is 0 Å². The Kier molecular flexibility index (Phi) is 3.46. The van der Waals surface area contributed by atoms with Crippen molar-refractivity contribution in [2.75, 3.05) is 17.2 Å². The Balaban J connectivity index is 2.14. The molecule has 0 spiro atoms. The fourth-order valence-electron chi connectivity index (χ4n) is 2.03. The van der Waals surface area contributed by atoms with Crippen LogP contribution in [-0.4, -0.2) is 24.0 Å². The molecule has 1 heterocycles. The zero-order valence-electron chi connectivity index (χ0n) is 11.4. The third-order valence-corrected chi connectivity index (χ3v) is 2.97. The predicted molar refractivity (Wildman–Crippen MR) is 73.1 cm³/mol. The fourth-order valence-corrected chi connectivity index (χ4v) is 2.03. The molecule has 1 amide bonds. The average Bonchev–Trinajstić information content (AvgIpc) is 2.68. The molecule has 0 radical (unpaired) electrons. The average molecular weight is 262 g/mol. The monoisotopic (exact) mass is 262 g/mol. The van der Waals surface area contributed by atoms with Gasteiger partial charge in [0, 0.05) is 11.4 Å². The molecule has 2 N–H and O–H groups in total. The summed E-state index contributed by atoms with van der Waals surface area (Å²) in [6.07, 6.45) is 0.380. The number of hydrogen-bond donors (Lipinski definition) is 2. The SMILES string of the molecule is CCOC(=O)C(C)(C)Nc1ccc2c(c1)CC(=O)N2. The maximum absolute atomic E-state index is 11.8. The number of carbonyl (C=O) groups excluding carboxylic acids is 2. The summed E-state index contributed by atoms with van der Waals surface area (Å²) < 4.78 is 5.02. The summed E-state index contributed by atoms with van der Waals surface area (Å²) in [7, 11) is 0. The summed E-state index contributed by atoms with van der Waals surface area (Å²) in [6.45, 7) is 5.66. The van der Waals surface area contributed by atoms with E-state index in [-0.39, 0.29) is 11.9 Å². The van der Waals surface area contributed by atoms with Gasteiger partial charge in [0.1, 0.15) is 5.54 Å². The van der Waals surface area contributed by atoms with Crippen LogP contribution < -0.4 is 10.6 Å². The molecule has 0 saturated carbocycles.